The highest BCUT2D eigenvalue weighted by Crippen LogP contribution is 2.22. The summed E-state index contributed by atoms with van der Waals surface area (Å²) >= 11 is 9.53. The second kappa shape index (κ2) is 6.04. The van der Waals surface area contributed by atoms with Crippen LogP contribution >= 0.6 is 27.5 Å². The minimum absolute atomic E-state index is 0.210. The maximum atomic E-state index is 5.99. The van der Waals surface area contributed by atoms with Crippen LogP contribution in [0.5, 0.6) is 0 Å². The van der Waals surface area contributed by atoms with Gasteiger partial charge in [0.05, 0.1) is 0 Å². The van der Waals surface area contributed by atoms with Gasteiger partial charge in [0.2, 0.25) is 0 Å². The van der Waals surface area contributed by atoms with Crippen molar-refractivity contribution < 1.29 is 0 Å². The van der Waals surface area contributed by atoms with Crippen LogP contribution in [0, 0.1) is 0 Å². The van der Waals surface area contributed by atoms with Crippen molar-refractivity contribution in [3.05, 3.63) is 33.3 Å². The molecule has 16 heavy (non-hydrogen) atoms. The molecule has 0 aliphatic rings. The fraction of sp³-hybridized carbons (Fsp3) is 0.538. The Morgan fingerprint density at radius 1 is 1.31 bits per heavy atom. The van der Waals surface area contributed by atoms with Gasteiger partial charge in [-0.3, -0.25) is 0 Å². The molecule has 0 aromatic heterocycles. The van der Waals surface area contributed by atoms with Crippen LogP contribution in [0.15, 0.2) is 22.7 Å². The van der Waals surface area contributed by atoms with E-state index >= 15 is 0 Å². The lowest BCUT2D eigenvalue weighted by molar-refractivity contribution is 0.329. The van der Waals surface area contributed by atoms with Crippen molar-refractivity contribution >= 4 is 27.5 Å². The second-order valence-corrected chi connectivity index (χ2v) is 5.65. The van der Waals surface area contributed by atoms with Crippen molar-refractivity contribution in [3.8, 4) is 0 Å². The standard InChI is InChI=1S/C13H19BrClN/c1-4-13(3,5-2)16-9-10-8-11(15)6-7-12(10)14/h6-8,16H,4-5,9H2,1-3H3. The maximum absolute atomic E-state index is 5.99. The lowest BCUT2D eigenvalue weighted by Crippen LogP contribution is -2.40. The summed E-state index contributed by atoms with van der Waals surface area (Å²) in [4.78, 5) is 0. The van der Waals surface area contributed by atoms with Gasteiger partial charge in [-0.2, -0.15) is 0 Å². The molecular formula is C13H19BrClN. The van der Waals surface area contributed by atoms with E-state index in [0.29, 0.717) is 0 Å². The molecule has 0 aliphatic carbocycles. The first-order valence-corrected chi connectivity index (χ1v) is 6.87. The molecule has 0 saturated heterocycles. The fourth-order valence-corrected chi connectivity index (χ4v) is 2.07. The normalized spacial score (nSPS) is 11.8. The Hall–Kier alpha value is -0.0500. The molecule has 1 nitrogen and oxygen atoms in total. The third kappa shape index (κ3) is 3.76. The zero-order valence-electron chi connectivity index (χ0n) is 10.1. The van der Waals surface area contributed by atoms with E-state index in [1.54, 1.807) is 0 Å². The molecule has 0 spiro atoms. The maximum Gasteiger partial charge on any atom is 0.0410 e. The van der Waals surface area contributed by atoms with Crippen molar-refractivity contribution in [2.75, 3.05) is 0 Å². The van der Waals surface area contributed by atoms with Gasteiger partial charge in [0, 0.05) is 21.6 Å². The Bertz CT molecular complexity index is 348. The van der Waals surface area contributed by atoms with E-state index in [2.05, 4.69) is 42.0 Å². The predicted molar refractivity (Wildman–Crippen MR) is 75.0 cm³/mol. The predicted octanol–water partition coefficient (Wildman–Crippen LogP) is 4.77. The van der Waals surface area contributed by atoms with Crippen molar-refractivity contribution in [2.24, 2.45) is 0 Å². The van der Waals surface area contributed by atoms with Gasteiger partial charge in [-0.05, 0) is 43.5 Å². The Kier molecular flexibility index (Phi) is 5.29. The first-order valence-electron chi connectivity index (χ1n) is 5.69. The summed E-state index contributed by atoms with van der Waals surface area (Å²) in [5, 5.41) is 4.38. The lowest BCUT2D eigenvalue weighted by Gasteiger charge is -2.28. The zero-order valence-corrected chi connectivity index (χ0v) is 12.5. The third-order valence-corrected chi connectivity index (χ3v) is 4.28. The van der Waals surface area contributed by atoms with Crippen LogP contribution in [-0.2, 0) is 6.54 Å². The van der Waals surface area contributed by atoms with E-state index < -0.39 is 0 Å². The van der Waals surface area contributed by atoms with Crippen LogP contribution in [0.2, 0.25) is 5.02 Å². The monoisotopic (exact) mass is 303 g/mol. The largest absolute Gasteiger partial charge is 0.307 e. The van der Waals surface area contributed by atoms with Gasteiger partial charge in [-0.25, -0.2) is 0 Å². The summed E-state index contributed by atoms with van der Waals surface area (Å²) in [6.07, 6.45) is 2.25. The summed E-state index contributed by atoms with van der Waals surface area (Å²) < 4.78 is 1.11. The van der Waals surface area contributed by atoms with E-state index in [1.165, 1.54) is 5.56 Å². The SMILES string of the molecule is CCC(C)(CC)NCc1cc(Cl)ccc1Br. The Morgan fingerprint density at radius 2 is 1.94 bits per heavy atom. The van der Waals surface area contributed by atoms with E-state index in [0.717, 1.165) is 28.9 Å². The van der Waals surface area contributed by atoms with E-state index in [-0.39, 0.29) is 5.54 Å². The number of halogens is 2. The zero-order chi connectivity index (χ0) is 12.2. The van der Waals surface area contributed by atoms with Crippen LogP contribution in [0.3, 0.4) is 0 Å². The molecule has 0 atom stereocenters. The van der Waals surface area contributed by atoms with Gasteiger partial charge in [-0.15, -0.1) is 0 Å². The van der Waals surface area contributed by atoms with Gasteiger partial charge >= 0.3 is 0 Å². The van der Waals surface area contributed by atoms with Crippen molar-refractivity contribution in [2.45, 2.75) is 45.7 Å². The van der Waals surface area contributed by atoms with E-state index in [9.17, 15) is 0 Å². The van der Waals surface area contributed by atoms with Crippen LogP contribution in [0.1, 0.15) is 39.2 Å². The highest BCUT2D eigenvalue weighted by molar-refractivity contribution is 9.10. The summed E-state index contributed by atoms with van der Waals surface area (Å²) in [6, 6.07) is 5.90. The van der Waals surface area contributed by atoms with Crippen LogP contribution in [0.4, 0.5) is 0 Å². The summed E-state index contributed by atoms with van der Waals surface area (Å²) in [5.41, 5.74) is 1.42. The summed E-state index contributed by atoms with van der Waals surface area (Å²) in [7, 11) is 0. The number of nitrogens with one attached hydrogen (secondary N) is 1. The minimum Gasteiger partial charge on any atom is -0.307 e. The Labute approximate surface area is 112 Å². The summed E-state index contributed by atoms with van der Waals surface area (Å²) in [5.74, 6) is 0. The van der Waals surface area contributed by atoms with E-state index in [1.807, 2.05) is 18.2 Å². The number of hydrogen-bond acceptors (Lipinski definition) is 1. The molecule has 1 aromatic carbocycles. The Morgan fingerprint density at radius 3 is 2.50 bits per heavy atom. The molecule has 1 aromatic rings. The lowest BCUT2D eigenvalue weighted by atomic mass is 9.95. The van der Waals surface area contributed by atoms with Gasteiger partial charge < -0.3 is 5.32 Å². The molecule has 1 N–H and O–H groups in total. The summed E-state index contributed by atoms with van der Waals surface area (Å²) in [6.45, 7) is 7.53. The highest BCUT2D eigenvalue weighted by Gasteiger charge is 2.18. The third-order valence-electron chi connectivity index (χ3n) is 3.27. The number of benzene rings is 1. The van der Waals surface area contributed by atoms with Gasteiger partial charge in [0.15, 0.2) is 0 Å². The molecule has 0 fully saturated rings. The smallest absolute Gasteiger partial charge is 0.0410 e. The van der Waals surface area contributed by atoms with E-state index in [4.69, 9.17) is 11.6 Å². The Balaban J connectivity index is 2.70. The fourth-order valence-electron chi connectivity index (χ4n) is 1.49. The topological polar surface area (TPSA) is 12.0 Å². The van der Waals surface area contributed by atoms with Gasteiger partial charge in [0.25, 0.3) is 0 Å². The number of rotatable bonds is 5. The van der Waals surface area contributed by atoms with Crippen LogP contribution in [-0.4, -0.2) is 5.54 Å². The molecule has 3 heteroatoms. The molecule has 90 valence electrons. The molecule has 0 unspecified atom stereocenters. The van der Waals surface area contributed by atoms with Gasteiger partial charge in [0.1, 0.15) is 0 Å². The van der Waals surface area contributed by atoms with Crippen LogP contribution in [0.25, 0.3) is 0 Å². The highest BCUT2D eigenvalue weighted by atomic mass is 79.9. The number of hydrogen-bond donors (Lipinski definition) is 1. The molecule has 0 aliphatic heterocycles. The molecule has 1 rings (SSSR count). The molecule has 0 heterocycles. The molecule has 0 saturated carbocycles. The van der Waals surface area contributed by atoms with Gasteiger partial charge in [-0.1, -0.05) is 41.4 Å². The minimum atomic E-state index is 0.210. The first kappa shape index (κ1) is 14.0. The molecular weight excluding hydrogens is 286 g/mol. The average Bonchev–Trinajstić information content (AvgIpc) is 2.30. The quantitative estimate of drug-likeness (QED) is 0.826. The molecule has 0 amide bonds. The van der Waals surface area contributed by atoms with Crippen molar-refractivity contribution in [3.63, 3.8) is 0 Å². The van der Waals surface area contributed by atoms with Crippen molar-refractivity contribution in [1.29, 1.82) is 0 Å². The first-order chi connectivity index (χ1) is 7.50. The van der Waals surface area contributed by atoms with Crippen LogP contribution < -0.4 is 5.32 Å². The second-order valence-electron chi connectivity index (χ2n) is 4.36. The average molecular weight is 305 g/mol. The van der Waals surface area contributed by atoms with Crippen molar-refractivity contribution in [1.82, 2.24) is 5.32 Å². The molecule has 0 bridgehead atoms. The molecule has 0 radical (unpaired) electrons.